The van der Waals surface area contributed by atoms with Crippen molar-refractivity contribution in [1.29, 1.82) is 0 Å². The summed E-state index contributed by atoms with van der Waals surface area (Å²) in [4.78, 5) is 0. The molecular weight excluding hydrogens is 138 g/mol. The monoisotopic (exact) mass is 157 g/mol. The summed E-state index contributed by atoms with van der Waals surface area (Å²) < 4.78 is 5.40. The molecule has 1 heterocycles. The first-order chi connectivity index (χ1) is 5.43. The number of rotatable bonds is 5. The number of hydrogen-bond acceptors (Lipinski definition) is 2. The second kappa shape index (κ2) is 5.56. The summed E-state index contributed by atoms with van der Waals surface area (Å²) in [5.41, 5.74) is 0. The van der Waals surface area contributed by atoms with E-state index in [2.05, 4.69) is 12.2 Å². The van der Waals surface area contributed by atoms with Crippen LogP contribution in [0.2, 0.25) is 0 Å². The number of nitrogens with one attached hydrogen (secondary N) is 1. The Balaban J connectivity index is 1.86. The van der Waals surface area contributed by atoms with Crippen LogP contribution in [-0.4, -0.2) is 25.8 Å². The van der Waals surface area contributed by atoms with Crippen LogP contribution in [0.15, 0.2) is 0 Å². The van der Waals surface area contributed by atoms with E-state index in [-0.39, 0.29) is 0 Å². The van der Waals surface area contributed by atoms with E-state index in [4.69, 9.17) is 4.74 Å². The van der Waals surface area contributed by atoms with Gasteiger partial charge in [0.1, 0.15) is 0 Å². The highest BCUT2D eigenvalue weighted by Crippen LogP contribution is 2.08. The average molecular weight is 157 g/mol. The van der Waals surface area contributed by atoms with Gasteiger partial charge in [0.25, 0.3) is 0 Å². The highest BCUT2D eigenvalue weighted by atomic mass is 16.5. The second-order valence-corrected chi connectivity index (χ2v) is 3.19. The molecule has 2 nitrogen and oxygen atoms in total. The van der Waals surface area contributed by atoms with E-state index in [9.17, 15) is 0 Å². The predicted octanol–water partition coefficient (Wildman–Crippen LogP) is 1.56. The smallest absolute Gasteiger partial charge is 0.0480 e. The van der Waals surface area contributed by atoms with Gasteiger partial charge in [-0.3, -0.25) is 0 Å². The topological polar surface area (TPSA) is 21.3 Å². The van der Waals surface area contributed by atoms with Crippen LogP contribution >= 0.6 is 0 Å². The minimum absolute atomic E-state index is 0.742. The molecule has 0 aliphatic carbocycles. The molecule has 0 aromatic carbocycles. The van der Waals surface area contributed by atoms with E-state index < -0.39 is 0 Å². The molecule has 1 N–H and O–H groups in total. The van der Waals surface area contributed by atoms with E-state index >= 15 is 0 Å². The van der Waals surface area contributed by atoms with Gasteiger partial charge >= 0.3 is 0 Å². The third kappa shape index (κ3) is 3.73. The van der Waals surface area contributed by atoms with Gasteiger partial charge in [-0.15, -0.1) is 0 Å². The van der Waals surface area contributed by atoms with Gasteiger partial charge in [-0.25, -0.2) is 0 Å². The maximum Gasteiger partial charge on any atom is 0.0480 e. The Bertz CT molecular complexity index is 89.6. The summed E-state index contributed by atoms with van der Waals surface area (Å²) in [7, 11) is 0. The van der Waals surface area contributed by atoms with Crippen LogP contribution in [0.4, 0.5) is 0 Å². The summed E-state index contributed by atoms with van der Waals surface area (Å²) in [6.07, 6.45) is 5.02. The van der Waals surface area contributed by atoms with Crippen LogP contribution in [0, 0.1) is 0 Å². The van der Waals surface area contributed by atoms with Gasteiger partial charge in [-0.2, -0.15) is 0 Å². The van der Waals surface area contributed by atoms with Gasteiger partial charge in [-0.05, 0) is 32.2 Å². The average Bonchev–Trinajstić information content (AvgIpc) is 2.50. The van der Waals surface area contributed by atoms with Crippen molar-refractivity contribution in [2.45, 2.75) is 38.6 Å². The fraction of sp³-hybridized carbons (Fsp3) is 1.00. The molecule has 1 atom stereocenters. The molecule has 1 aliphatic rings. The van der Waals surface area contributed by atoms with Crippen molar-refractivity contribution in [3.8, 4) is 0 Å². The molecule has 2 heteroatoms. The van der Waals surface area contributed by atoms with Crippen LogP contribution in [0.5, 0.6) is 0 Å². The van der Waals surface area contributed by atoms with Crippen molar-refractivity contribution < 1.29 is 4.74 Å². The lowest BCUT2D eigenvalue weighted by atomic mass is 10.2. The summed E-state index contributed by atoms with van der Waals surface area (Å²) in [5, 5.41) is 3.45. The molecule has 1 aliphatic heterocycles. The number of hydrogen-bond donors (Lipinski definition) is 1. The lowest BCUT2D eigenvalue weighted by Crippen LogP contribution is -2.22. The van der Waals surface area contributed by atoms with Crippen LogP contribution in [-0.2, 0) is 4.74 Å². The van der Waals surface area contributed by atoms with Gasteiger partial charge in [0.2, 0.25) is 0 Å². The summed E-state index contributed by atoms with van der Waals surface area (Å²) in [5.74, 6) is 0. The van der Waals surface area contributed by atoms with Crippen molar-refractivity contribution in [1.82, 2.24) is 5.32 Å². The molecule has 0 aromatic rings. The largest absolute Gasteiger partial charge is 0.381 e. The second-order valence-electron chi connectivity index (χ2n) is 3.19. The molecule has 1 saturated heterocycles. The van der Waals surface area contributed by atoms with E-state index in [1.54, 1.807) is 0 Å². The molecule has 1 unspecified atom stereocenters. The lowest BCUT2D eigenvalue weighted by molar-refractivity contribution is 0.126. The summed E-state index contributed by atoms with van der Waals surface area (Å²) in [6, 6.07) is 0.742. The quantitative estimate of drug-likeness (QED) is 0.611. The molecule has 0 radical (unpaired) electrons. The van der Waals surface area contributed by atoms with Gasteiger partial charge in [0.05, 0.1) is 0 Å². The third-order valence-electron chi connectivity index (χ3n) is 2.12. The van der Waals surface area contributed by atoms with Crippen molar-refractivity contribution in [2.75, 3.05) is 19.8 Å². The van der Waals surface area contributed by atoms with Crippen LogP contribution < -0.4 is 5.32 Å². The van der Waals surface area contributed by atoms with E-state index in [1.165, 1.54) is 25.8 Å². The zero-order valence-electron chi connectivity index (χ0n) is 7.44. The molecular formula is C9H19NO. The van der Waals surface area contributed by atoms with Crippen LogP contribution in [0.3, 0.4) is 0 Å². The number of ether oxygens (including phenoxy) is 1. The Kier molecular flexibility index (Phi) is 4.55. The molecule has 1 rings (SSSR count). The lowest BCUT2D eigenvalue weighted by Gasteiger charge is -2.09. The Labute approximate surface area is 69.3 Å². The normalized spacial score (nSPS) is 24.3. The van der Waals surface area contributed by atoms with Gasteiger partial charge in [0, 0.05) is 19.3 Å². The molecule has 0 amide bonds. The van der Waals surface area contributed by atoms with Crippen LogP contribution in [0.1, 0.15) is 32.6 Å². The molecule has 66 valence electrons. The predicted molar refractivity (Wildman–Crippen MR) is 46.8 cm³/mol. The molecule has 11 heavy (non-hydrogen) atoms. The molecule has 0 spiro atoms. The van der Waals surface area contributed by atoms with Crippen molar-refractivity contribution in [3.63, 3.8) is 0 Å². The van der Waals surface area contributed by atoms with Gasteiger partial charge < -0.3 is 10.1 Å². The standard InChI is InChI=1S/C9H19NO/c1-2-7-11-8-5-9-4-3-6-10-9/h9-10H,2-8H2,1H3. The zero-order valence-corrected chi connectivity index (χ0v) is 7.44. The SMILES string of the molecule is CCCOCCC1CCCN1. The first-order valence-corrected chi connectivity index (χ1v) is 4.74. The Morgan fingerprint density at radius 3 is 3.00 bits per heavy atom. The minimum atomic E-state index is 0.742. The van der Waals surface area contributed by atoms with E-state index in [0.717, 1.165) is 25.7 Å². The Hall–Kier alpha value is -0.0800. The highest BCUT2D eigenvalue weighted by Gasteiger charge is 2.12. The van der Waals surface area contributed by atoms with Gasteiger partial charge in [0.15, 0.2) is 0 Å². The van der Waals surface area contributed by atoms with Crippen molar-refractivity contribution >= 4 is 0 Å². The van der Waals surface area contributed by atoms with Crippen LogP contribution in [0.25, 0.3) is 0 Å². The summed E-state index contributed by atoms with van der Waals surface area (Å²) in [6.45, 7) is 5.21. The highest BCUT2D eigenvalue weighted by molar-refractivity contribution is 4.73. The maximum atomic E-state index is 5.40. The third-order valence-corrected chi connectivity index (χ3v) is 2.12. The Morgan fingerprint density at radius 2 is 2.36 bits per heavy atom. The molecule has 0 aromatic heterocycles. The Morgan fingerprint density at radius 1 is 1.45 bits per heavy atom. The fourth-order valence-electron chi connectivity index (χ4n) is 1.48. The molecule has 0 bridgehead atoms. The first kappa shape index (κ1) is 9.01. The van der Waals surface area contributed by atoms with Crippen molar-refractivity contribution in [2.24, 2.45) is 0 Å². The molecule has 1 fully saturated rings. The first-order valence-electron chi connectivity index (χ1n) is 4.74. The maximum absolute atomic E-state index is 5.40. The molecule has 0 saturated carbocycles. The summed E-state index contributed by atoms with van der Waals surface area (Å²) >= 11 is 0. The zero-order chi connectivity index (χ0) is 7.94. The fourth-order valence-corrected chi connectivity index (χ4v) is 1.48. The van der Waals surface area contributed by atoms with E-state index in [0.29, 0.717) is 0 Å². The minimum Gasteiger partial charge on any atom is -0.381 e. The van der Waals surface area contributed by atoms with Gasteiger partial charge in [-0.1, -0.05) is 6.92 Å². The van der Waals surface area contributed by atoms with E-state index in [1.807, 2.05) is 0 Å². The van der Waals surface area contributed by atoms with Crippen molar-refractivity contribution in [3.05, 3.63) is 0 Å².